The van der Waals surface area contributed by atoms with Gasteiger partial charge in [0.25, 0.3) is 0 Å². The third-order valence-electron chi connectivity index (χ3n) is 9.08. The second kappa shape index (κ2) is 43.9. The largest absolute Gasteiger partial charge is 0.466 e. The minimum atomic E-state index is -0.954. The first-order chi connectivity index (χ1) is 23.5. The van der Waals surface area contributed by atoms with Crippen molar-refractivity contribution in [3.8, 4) is 0 Å². The summed E-state index contributed by atoms with van der Waals surface area (Å²) in [5.41, 5.74) is 0. The molecule has 0 fully saturated rings. The molecule has 0 saturated heterocycles. The lowest BCUT2D eigenvalue weighted by Crippen LogP contribution is -2.21. The van der Waals surface area contributed by atoms with E-state index in [1.165, 1.54) is 173 Å². The molecular weight excluding hydrogens is 600 g/mol. The van der Waals surface area contributed by atoms with Crippen LogP contribution in [-0.2, 0) is 19.1 Å². The number of carbonyl (C=O) groups excluding carboxylic acids is 2. The van der Waals surface area contributed by atoms with Crippen molar-refractivity contribution < 1.29 is 29.3 Å². The normalized spacial score (nSPS) is 11.6. The van der Waals surface area contributed by atoms with Crippen LogP contribution in [0.2, 0.25) is 0 Å². The zero-order chi connectivity index (χ0) is 35.6. The molecule has 1 atom stereocenters. The molecule has 0 spiro atoms. The Morgan fingerprint density at radius 1 is 0.417 bits per heavy atom. The predicted octanol–water partition coefficient (Wildman–Crippen LogP) is 12.3. The quantitative estimate of drug-likeness (QED) is 0.0500. The number of hydrogen-bond acceptors (Lipinski definition) is 6. The molecule has 0 radical (unpaired) electrons. The Morgan fingerprint density at radius 2 is 0.688 bits per heavy atom. The van der Waals surface area contributed by atoms with E-state index in [-0.39, 0.29) is 25.2 Å². The molecule has 2 N–H and O–H groups in total. The smallest absolute Gasteiger partial charge is 0.305 e. The molecule has 1 unspecified atom stereocenters. The average molecular weight is 685 g/mol. The molecule has 48 heavy (non-hydrogen) atoms. The third-order valence-corrected chi connectivity index (χ3v) is 9.08. The van der Waals surface area contributed by atoms with Crippen LogP contribution in [0.3, 0.4) is 0 Å². The summed E-state index contributed by atoms with van der Waals surface area (Å²) in [5, 5.41) is 17.7. The molecule has 0 aromatic carbocycles. The van der Waals surface area contributed by atoms with Crippen molar-refractivity contribution in [2.45, 2.75) is 239 Å². The molecule has 0 aliphatic carbocycles. The summed E-state index contributed by atoms with van der Waals surface area (Å²) in [6, 6.07) is 0. The maximum absolute atomic E-state index is 11.4. The van der Waals surface area contributed by atoms with Crippen LogP contribution in [-0.4, -0.2) is 48.1 Å². The molecule has 0 heterocycles. The summed E-state index contributed by atoms with van der Waals surface area (Å²) < 4.78 is 9.94. The molecule has 0 aliphatic heterocycles. The maximum atomic E-state index is 11.4. The van der Waals surface area contributed by atoms with Gasteiger partial charge in [-0.2, -0.15) is 0 Å². The van der Waals surface area contributed by atoms with Crippen molar-refractivity contribution >= 4 is 11.9 Å². The molecule has 0 saturated carbocycles. The highest BCUT2D eigenvalue weighted by Crippen LogP contribution is 2.15. The van der Waals surface area contributed by atoms with Gasteiger partial charge in [0.15, 0.2) is 0 Å². The summed E-state index contributed by atoms with van der Waals surface area (Å²) >= 11 is 0. The Labute approximate surface area is 299 Å². The van der Waals surface area contributed by atoms with Gasteiger partial charge in [0.1, 0.15) is 12.7 Å². The Kier molecular flexibility index (Phi) is 44.8. The van der Waals surface area contributed by atoms with Crippen LogP contribution in [0.25, 0.3) is 0 Å². The first kappa shape index (κ1) is 49.0. The Bertz CT molecular complexity index is 625. The van der Waals surface area contributed by atoms with Gasteiger partial charge in [-0.1, -0.05) is 201 Å². The average Bonchev–Trinajstić information content (AvgIpc) is 3.09. The first-order valence-electron chi connectivity index (χ1n) is 21.1. The molecule has 0 aliphatic rings. The summed E-state index contributed by atoms with van der Waals surface area (Å²) in [5.74, 6) is -0.288. The highest BCUT2D eigenvalue weighted by molar-refractivity contribution is 5.69. The van der Waals surface area contributed by atoms with Crippen molar-refractivity contribution in [3.63, 3.8) is 0 Å². The van der Waals surface area contributed by atoms with E-state index in [4.69, 9.17) is 19.7 Å². The zero-order valence-electron chi connectivity index (χ0n) is 32.6. The lowest BCUT2D eigenvalue weighted by Gasteiger charge is -2.08. The van der Waals surface area contributed by atoms with Crippen LogP contribution >= 0.6 is 0 Å². The SMILES string of the molecule is CCCCCCCCCCCCCCCCCC(=O)OCC(O)CO.CCCCCCCCCCCCCCCCCC(=O)OCCC. The van der Waals surface area contributed by atoms with E-state index in [0.717, 1.165) is 25.7 Å². The number of rotatable bonds is 37. The van der Waals surface area contributed by atoms with Gasteiger partial charge in [0.05, 0.1) is 13.2 Å². The maximum Gasteiger partial charge on any atom is 0.305 e. The Balaban J connectivity index is 0. The fourth-order valence-electron chi connectivity index (χ4n) is 5.88. The lowest BCUT2D eigenvalue weighted by atomic mass is 10.0. The van der Waals surface area contributed by atoms with Crippen molar-refractivity contribution in [1.82, 2.24) is 0 Å². The van der Waals surface area contributed by atoms with Gasteiger partial charge in [-0.25, -0.2) is 0 Å². The third kappa shape index (κ3) is 44.9. The first-order valence-corrected chi connectivity index (χ1v) is 21.1. The van der Waals surface area contributed by atoms with Gasteiger partial charge >= 0.3 is 11.9 Å². The molecular formula is C42H84O6. The predicted molar refractivity (Wildman–Crippen MR) is 204 cm³/mol. The summed E-state index contributed by atoms with van der Waals surface area (Å²) in [6.07, 6.45) is 40.9. The van der Waals surface area contributed by atoms with Crippen LogP contribution in [0.5, 0.6) is 0 Å². The number of aliphatic hydroxyl groups excluding tert-OH is 2. The van der Waals surface area contributed by atoms with E-state index in [0.29, 0.717) is 19.4 Å². The molecule has 0 amide bonds. The van der Waals surface area contributed by atoms with Crippen LogP contribution in [0.15, 0.2) is 0 Å². The van der Waals surface area contributed by atoms with Gasteiger partial charge in [0, 0.05) is 12.8 Å². The molecule has 6 nitrogen and oxygen atoms in total. The topological polar surface area (TPSA) is 93.1 Å². The fourth-order valence-corrected chi connectivity index (χ4v) is 5.88. The van der Waals surface area contributed by atoms with Gasteiger partial charge < -0.3 is 19.7 Å². The molecule has 0 rings (SSSR count). The molecule has 0 aromatic heterocycles. The number of carbonyl (C=O) groups is 2. The van der Waals surface area contributed by atoms with E-state index in [9.17, 15) is 9.59 Å². The molecule has 6 heteroatoms. The van der Waals surface area contributed by atoms with Gasteiger partial charge in [-0.3, -0.25) is 9.59 Å². The van der Waals surface area contributed by atoms with E-state index in [2.05, 4.69) is 13.8 Å². The number of ether oxygens (including phenoxy) is 2. The van der Waals surface area contributed by atoms with Crippen LogP contribution in [0, 0.1) is 0 Å². The van der Waals surface area contributed by atoms with Gasteiger partial charge in [-0.05, 0) is 19.3 Å². The standard InChI is InChI=1S/C21H42O4.C21H42O2/c1-2-3-4-5-6-7-8-9-10-11-12-13-14-15-16-17-21(24)25-19-20(23)18-22;1-3-5-6-7-8-9-10-11-12-13-14-15-16-17-18-19-21(22)23-20-4-2/h20,22-23H,2-19H2,1H3;3-20H2,1-2H3. The molecule has 0 bridgehead atoms. The van der Waals surface area contributed by atoms with Crippen molar-refractivity contribution in [2.75, 3.05) is 19.8 Å². The molecule has 288 valence electrons. The van der Waals surface area contributed by atoms with Gasteiger partial charge in [-0.15, -0.1) is 0 Å². The number of esters is 2. The minimum Gasteiger partial charge on any atom is -0.466 e. The zero-order valence-corrected chi connectivity index (χ0v) is 32.6. The molecule has 0 aromatic rings. The van der Waals surface area contributed by atoms with Crippen LogP contribution < -0.4 is 0 Å². The van der Waals surface area contributed by atoms with Crippen molar-refractivity contribution in [2.24, 2.45) is 0 Å². The van der Waals surface area contributed by atoms with Crippen molar-refractivity contribution in [1.29, 1.82) is 0 Å². The fraction of sp³-hybridized carbons (Fsp3) is 0.952. The van der Waals surface area contributed by atoms with Crippen LogP contribution in [0.4, 0.5) is 0 Å². The van der Waals surface area contributed by atoms with Crippen molar-refractivity contribution in [3.05, 3.63) is 0 Å². The van der Waals surface area contributed by atoms with E-state index in [1.807, 2.05) is 6.92 Å². The van der Waals surface area contributed by atoms with Crippen LogP contribution in [0.1, 0.15) is 233 Å². The summed E-state index contributed by atoms with van der Waals surface area (Å²) in [4.78, 5) is 22.7. The lowest BCUT2D eigenvalue weighted by molar-refractivity contribution is -0.147. The van der Waals surface area contributed by atoms with E-state index >= 15 is 0 Å². The number of hydrogen-bond donors (Lipinski definition) is 2. The Morgan fingerprint density at radius 3 is 0.958 bits per heavy atom. The number of aliphatic hydroxyl groups is 2. The Hall–Kier alpha value is -1.14. The minimum absolute atomic E-state index is 0.0125. The van der Waals surface area contributed by atoms with E-state index < -0.39 is 6.10 Å². The second-order valence-corrected chi connectivity index (χ2v) is 14.1. The highest BCUT2D eigenvalue weighted by Gasteiger charge is 2.07. The monoisotopic (exact) mass is 685 g/mol. The summed E-state index contributed by atoms with van der Waals surface area (Å²) in [6.45, 7) is 6.68. The summed E-state index contributed by atoms with van der Waals surface area (Å²) in [7, 11) is 0. The highest BCUT2D eigenvalue weighted by atomic mass is 16.5. The second-order valence-electron chi connectivity index (χ2n) is 14.1. The van der Waals surface area contributed by atoms with Gasteiger partial charge in [0.2, 0.25) is 0 Å². The number of unbranched alkanes of at least 4 members (excludes halogenated alkanes) is 28. The van der Waals surface area contributed by atoms with E-state index in [1.54, 1.807) is 0 Å².